The summed E-state index contributed by atoms with van der Waals surface area (Å²) in [5, 5.41) is 0. The van der Waals surface area contributed by atoms with Crippen molar-refractivity contribution in [2.45, 2.75) is 26.2 Å². The molecule has 130 valence electrons. The highest BCUT2D eigenvalue weighted by atomic mass is 14.2. The molecule has 0 saturated heterocycles. The van der Waals surface area contributed by atoms with Gasteiger partial charge in [0.25, 0.3) is 0 Å². The molecule has 0 bridgehead atoms. The van der Waals surface area contributed by atoms with Gasteiger partial charge >= 0.3 is 0 Å². The van der Waals surface area contributed by atoms with Gasteiger partial charge in [-0.2, -0.15) is 0 Å². The summed E-state index contributed by atoms with van der Waals surface area (Å²) in [6.07, 6.45) is 8.46. The van der Waals surface area contributed by atoms with Crippen LogP contribution in [0, 0.1) is 0 Å². The molecule has 0 N–H and O–H groups in total. The molecule has 0 heteroatoms. The van der Waals surface area contributed by atoms with E-state index < -0.39 is 0 Å². The van der Waals surface area contributed by atoms with Gasteiger partial charge in [0, 0.05) is 0 Å². The molecule has 0 atom stereocenters. The van der Waals surface area contributed by atoms with Crippen LogP contribution in [0.4, 0.5) is 0 Å². The van der Waals surface area contributed by atoms with Crippen molar-refractivity contribution in [2.75, 3.05) is 0 Å². The lowest BCUT2D eigenvalue weighted by Gasteiger charge is -2.18. The Balaban J connectivity index is 1.62. The maximum Gasteiger partial charge on any atom is -0.0132 e. The Kier molecular flexibility index (Phi) is 5.53. The Morgan fingerprint density at radius 1 is 0.538 bits per heavy atom. The van der Waals surface area contributed by atoms with E-state index in [9.17, 15) is 0 Å². The Bertz CT molecular complexity index is 872. The highest BCUT2D eigenvalue weighted by molar-refractivity contribution is 5.66. The first-order valence-electron chi connectivity index (χ1n) is 9.13. The zero-order valence-corrected chi connectivity index (χ0v) is 15.8. The maximum absolute atomic E-state index is 2.24. The minimum atomic E-state index is 0.202. The molecule has 0 aromatic heterocycles. The molecule has 0 unspecified atom stereocenters. The molecule has 26 heavy (non-hydrogen) atoms. The average Bonchev–Trinajstić information content (AvgIpc) is 2.66. The first-order chi connectivity index (χ1) is 12.5. The van der Waals surface area contributed by atoms with Gasteiger partial charge in [0.15, 0.2) is 0 Å². The summed E-state index contributed by atoms with van der Waals surface area (Å²) >= 11 is 0. The van der Waals surface area contributed by atoms with Crippen molar-refractivity contribution in [1.29, 1.82) is 0 Å². The van der Waals surface area contributed by atoms with Crippen molar-refractivity contribution in [3.05, 3.63) is 108 Å². The molecule has 0 spiro atoms. The van der Waals surface area contributed by atoms with Crippen LogP contribution in [-0.4, -0.2) is 0 Å². The molecule has 3 aromatic carbocycles. The predicted octanol–water partition coefficient (Wildman–Crippen LogP) is 7.38. The van der Waals surface area contributed by atoms with Crippen LogP contribution in [0.5, 0.6) is 0 Å². The van der Waals surface area contributed by atoms with Gasteiger partial charge in [-0.25, -0.2) is 0 Å². The Labute approximate surface area is 157 Å². The Morgan fingerprint density at radius 2 is 1.00 bits per heavy atom. The van der Waals surface area contributed by atoms with Crippen molar-refractivity contribution < 1.29 is 0 Å². The lowest BCUT2D eigenvalue weighted by atomic mass is 9.87. The monoisotopic (exact) mass is 338 g/mol. The van der Waals surface area contributed by atoms with Crippen LogP contribution in [0.1, 0.15) is 37.5 Å². The van der Waals surface area contributed by atoms with Gasteiger partial charge in [0.1, 0.15) is 0 Å². The number of rotatable bonds is 4. The molecule has 0 radical (unpaired) electrons. The van der Waals surface area contributed by atoms with Crippen molar-refractivity contribution in [2.24, 2.45) is 0 Å². The van der Waals surface area contributed by atoms with Crippen molar-refractivity contribution in [1.82, 2.24) is 0 Å². The van der Waals surface area contributed by atoms with Gasteiger partial charge in [-0.3, -0.25) is 0 Å². The van der Waals surface area contributed by atoms with E-state index in [2.05, 4.69) is 118 Å². The van der Waals surface area contributed by atoms with Crippen molar-refractivity contribution in [3.8, 4) is 11.1 Å². The van der Waals surface area contributed by atoms with Gasteiger partial charge in [0.05, 0.1) is 0 Å². The van der Waals surface area contributed by atoms with E-state index in [1.807, 2.05) is 6.07 Å². The van der Waals surface area contributed by atoms with Crippen LogP contribution in [0.15, 0.2) is 91.0 Å². The van der Waals surface area contributed by atoms with Crippen LogP contribution in [0.2, 0.25) is 0 Å². The molecule has 0 aliphatic rings. The zero-order valence-electron chi connectivity index (χ0n) is 15.8. The van der Waals surface area contributed by atoms with Crippen LogP contribution >= 0.6 is 0 Å². The second kappa shape index (κ2) is 8.01. The third-order valence-corrected chi connectivity index (χ3v) is 4.48. The molecule has 0 heterocycles. The van der Waals surface area contributed by atoms with E-state index in [4.69, 9.17) is 0 Å². The first-order valence-corrected chi connectivity index (χ1v) is 9.13. The van der Waals surface area contributed by atoms with Crippen molar-refractivity contribution in [3.63, 3.8) is 0 Å². The third kappa shape index (κ3) is 4.83. The van der Waals surface area contributed by atoms with E-state index in [0.29, 0.717) is 0 Å². The van der Waals surface area contributed by atoms with E-state index in [1.54, 1.807) is 0 Å². The van der Waals surface area contributed by atoms with E-state index in [1.165, 1.54) is 27.8 Å². The van der Waals surface area contributed by atoms with Crippen LogP contribution in [0.25, 0.3) is 23.3 Å². The lowest BCUT2D eigenvalue weighted by Crippen LogP contribution is -2.10. The third-order valence-electron chi connectivity index (χ3n) is 4.48. The van der Waals surface area contributed by atoms with Crippen molar-refractivity contribution >= 4 is 12.2 Å². The summed E-state index contributed by atoms with van der Waals surface area (Å²) in [5.74, 6) is 0. The summed E-state index contributed by atoms with van der Waals surface area (Å²) < 4.78 is 0. The average molecular weight is 338 g/mol. The standard InChI is InChI=1S/C26H26/c1-26(2,3)25-19-15-22(16-20-25)10-8-7-9-21-13-17-24(18-14-21)23-11-5-4-6-12-23/h4-20H,1-3H3. The highest BCUT2D eigenvalue weighted by Crippen LogP contribution is 2.22. The van der Waals surface area contributed by atoms with Crippen LogP contribution in [-0.2, 0) is 5.41 Å². The lowest BCUT2D eigenvalue weighted by molar-refractivity contribution is 0.590. The minimum absolute atomic E-state index is 0.202. The Hall–Kier alpha value is -2.86. The molecule has 3 rings (SSSR count). The summed E-state index contributed by atoms with van der Waals surface area (Å²) in [6, 6.07) is 27.9. The molecular weight excluding hydrogens is 312 g/mol. The second-order valence-electron chi connectivity index (χ2n) is 7.58. The largest absolute Gasteiger partial charge is 0.0622 e. The van der Waals surface area contributed by atoms with E-state index in [0.717, 1.165) is 0 Å². The quantitative estimate of drug-likeness (QED) is 0.435. The van der Waals surface area contributed by atoms with Gasteiger partial charge in [0.2, 0.25) is 0 Å². The first kappa shape index (κ1) is 17.9. The number of allylic oxidation sites excluding steroid dienone is 2. The van der Waals surface area contributed by atoms with E-state index >= 15 is 0 Å². The highest BCUT2D eigenvalue weighted by Gasteiger charge is 2.12. The van der Waals surface area contributed by atoms with Crippen LogP contribution < -0.4 is 0 Å². The number of hydrogen-bond acceptors (Lipinski definition) is 0. The smallest absolute Gasteiger partial charge is 0.0132 e. The Morgan fingerprint density at radius 3 is 1.50 bits per heavy atom. The number of hydrogen-bond donors (Lipinski definition) is 0. The topological polar surface area (TPSA) is 0 Å². The van der Waals surface area contributed by atoms with E-state index in [-0.39, 0.29) is 5.41 Å². The number of benzene rings is 3. The van der Waals surface area contributed by atoms with Gasteiger partial charge < -0.3 is 0 Å². The predicted molar refractivity (Wildman–Crippen MR) is 115 cm³/mol. The molecule has 0 aliphatic carbocycles. The SMILES string of the molecule is CC(C)(C)c1ccc(C=CC=Cc2ccc(-c3ccccc3)cc2)cc1. The normalized spacial score (nSPS) is 12.1. The molecule has 0 nitrogen and oxygen atoms in total. The molecule has 0 amide bonds. The van der Waals surface area contributed by atoms with Gasteiger partial charge in [-0.1, -0.05) is 124 Å². The van der Waals surface area contributed by atoms with Gasteiger partial charge in [-0.05, 0) is 33.2 Å². The molecule has 3 aromatic rings. The summed E-state index contributed by atoms with van der Waals surface area (Å²) in [5.41, 5.74) is 6.50. The zero-order chi connectivity index (χ0) is 18.4. The fraction of sp³-hybridized carbons (Fsp3) is 0.154. The summed E-state index contributed by atoms with van der Waals surface area (Å²) in [7, 11) is 0. The fourth-order valence-electron chi connectivity index (χ4n) is 2.84. The summed E-state index contributed by atoms with van der Waals surface area (Å²) in [6.45, 7) is 6.72. The second-order valence-corrected chi connectivity index (χ2v) is 7.58. The molecule has 0 aliphatic heterocycles. The molecular formula is C26H26. The molecule has 0 fully saturated rings. The maximum atomic E-state index is 2.24. The minimum Gasteiger partial charge on any atom is -0.0622 e. The van der Waals surface area contributed by atoms with Crippen LogP contribution in [0.3, 0.4) is 0 Å². The molecule has 0 saturated carbocycles. The van der Waals surface area contributed by atoms with Gasteiger partial charge in [-0.15, -0.1) is 0 Å². The summed E-state index contributed by atoms with van der Waals surface area (Å²) in [4.78, 5) is 0. The fourth-order valence-corrected chi connectivity index (χ4v) is 2.84.